The van der Waals surface area contributed by atoms with Crippen LogP contribution >= 0.6 is 0 Å². The summed E-state index contributed by atoms with van der Waals surface area (Å²) in [4.78, 5) is 24.9. The van der Waals surface area contributed by atoms with Crippen molar-refractivity contribution >= 4 is 0 Å². The normalized spacial score (nSPS) is 26.9. The summed E-state index contributed by atoms with van der Waals surface area (Å²) in [6.07, 6.45) is -0.581. The van der Waals surface area contributed by atoms with Crippen molar-refractivity contribution in [2.45, 2.75) is 31.8 Å². The van der Waals surface area contributed by atoms with Crippen LogP contribution in [0.2, 0.25) is 0 Å². The molecule has 0 bridgehead atoms. The van der Waals surface area contributed by atoms with Crippen LogP contribution in [0.4, 0.5) is 0 Å². The van der Waals surface area contributed by atoms with Crippen molar-refractivity contribution in [1.82, 2.24) is 9.55 Å². The molecule has 8 heteroatoms. The number of aromatic nitrogens is 2. The molecule has 1 aromatic heterocycles. The number of nitrogens with zero attached hydrogens (tertiary/aromatic N) is 1. The fourth-order valence-corrected chi connectivity index (χ4v) is 1.85. The summed E-state index contributed by atoms with van der Waals surface area (Å²) in [5.41, 5.74) is -0.643. The van der Waals surface area contributed by atoms with Crippen LogP contribution in [0.25, 0.3) is 0 Å². The van der Waals surface area contributed by atoms with Crippen LogP contribution < -0.4 is 11.2 Å². The van der Waals surface area contributed by atoms with Gasteiger partial charge in [0.25, 0.3) is 5.56 Å². The molecule has 0 aromatic carbocycles. The van der Waals surface area contributed by atoms with Gasteiger partial charge in [0.05, 0.1) is 12.7 Å². The Labute approximate surface area is 102 Å². The number of hydrogen-bond acceptors (Lipinski definition) is 5. The van der Waals surface area contributed by atoms with Crippen LogP contribution in [0.15, 0.2) is 15.8 Å². The molecule has 1 aliphatic rings. The first-order chi connectivity index (χ1) is 8.02. The molecule has 3 atom stereocenters. The number of rotatable bonds is 2. The first-order valence-electron chi connectivity index (χ1n) is 5.29. The maximum absolute atomic E-state index is 11.6. The van der Waals surface area contributed by atoms with Crippen LogP contribution in [0, 0.1) is 13.1 Å². The number of aryl methyl sites for hydroxylation is 1. The Morgan fingerprint density at radius 1 is 1.56 bits per heavy atom. The van der Waals surface area contributed by atoms with Crippen molar-refractivity contribution in [2.75, 3.05) is 6.61 Å². The van der Waals surface area contributed by atoms with Crippen molar-refractivity contribution in [2.24, 2.45) is 0 Å². The zero-order chi connectivity index (χ0) is 12.6. The molecule has 2 rings (SSSR count). The van der Waals surface area contributed by atoms with E-state index in [0.29, 0.717) is 5.56 Å². The zero-order valence-electron chi connectivity index (χ0n) is 9.64. The Morgan fingerprint density at radius 3 is 2.78 bits per heavy atom. The van der Waals surface area contributed by atoms with E-state index < -0.39 is 29.7 Å². The second-order valence-electron chi connectivity index (χ2n) is 4.09. The van der Waals surface area contributed by atoms with Gasteiger partial charge in [0, 0.05) is 24.3 Å². The summed E-state index contributed by atoms with van der Waals surface area (Å²) < 4.78 is 6.54. The van der Waals surface area contributed by atoms with Crippen molar-refractivity contribution in [3.05, 3.63) is 32.6 Å². The molecule has 1 saturated heterocycles. The maximum atomic E-state index is 11.6. The third kappa shape index (κ3) is 2.49. The van der Waals surface area contributed by atoms with E-state index in [1.54, 1.807) is 6.92 Å². The van der Waals surface area contributed by atoms with Crippen molar-refractivity contribution in [1.29, 1.82) is 0 Å². The third-order valence-corrected chi connectivity index (χ3v) is 2.84. The van der Waals surface area contributed by atoms with Gasteiger partial charge in [-0.3, -0.25) is 14.3 Å². The van der Waals surface area contributed by atoms with Gasteiger partial charge in [0.15, 0.2) is 0 Å². The van der Waals surface area contributed by atoms with Gasteiger partial charge < -0.3 is 14.9 Å². The topological polar surface area (TPSA) is 105 Å². The summed E-state index contributed by atoms with van der Waals surface area (Å²) in [7, 11) is 0. The molecule has 0 aliphatic carbocycles. The average Bonchev–Trinajstić information content (AvgIpc) is 2.65. The van der Waals surface area contributed by atoms with Gasteiger partial charge in [0.2, 0.25) is 0 Å². The van der Waals surface area contributed by atoms with Gasteiger partial charge in [-0.15, -0.1) is 0 Å². The molecule has 3 N–H and O–H groups in total. The second-order valence-corrected chi connectivity index (χ2v) is 4.09. The number of ether oxygens (including phenoxy) is 1. The number of nitrogens with one attached hydrogen (secondary N) is 1. The van der Waals surface area contributed by atoms with Gasteiger partial charge in [0.1, 0.15) is 12.3 Å². The molecule has 1 aromatic rings. The molecule has 0 spiro atoms. The van der Waals surface area contributed by atoms with E-state index in [4.69, 9.17) is 9.84 Å². The Kier molecular flexibility index (Phi) is 4.37. The van der Waals surface area contributed by atoms with Crippen molar-refractivity contribution < 1.29 is 21.1 Å². The monoisotopic (exact) mass is 262 g/mol. The predicted octanol–water partition coefficient (Wildman–Crippen LogP) is -1.51. The number of aromatic amines is 1. The summed E-state index contributed by atoms with van der Waals surface area (Å²) in [5.74, 6) is 0. The average molecular weight is 262 g/mol. The first kappa shape index (κ1) is 14.5. The zero-order valence-corrected chi connectivity index (χ0v) is 9.64. The van der Waals surface area contributed by atoms with Crippen LogP contribution in [0.3, 0.4) is 0 Å². The maximum Gasteiger partial charge on any atom is 0.330 e. The Balaban J connectivity index is 0.00000162. The number of H-pyrrole nitrogens is 1. The predicted molar refractivity (Wildman–Crippen MR) is 57.7 cm³/mol. The quantitative estimate of drug-likeness (QED) is 0.601. The molecular weight excluding hydrogens is 248 g/mol. The summed E-state index contributed by atoms with van der Waals surface area (Å²) in [5, 5.41) is 18.5. The smallest absolute Gasteiger partial charge is 0.330 e. The van der Waals surface area contributed by atoms with Gasteiger partial charge in [-0.05, 0) is 6.92 Å². The molecule has 7 nitrogen and oxygen atoms in total. The van der Waals surface area contributed by atoms with E-state index in [1.165, 1.54) is 10.8 Å². The van der Waals surface area contributed by atoms with Crippen molar-refractivity contribution in [3.63, 3.8) is 0 Å². The minimum absolute atomic E-state index is 0. The molecule has 0 unspecified atom stereocenters. The Hall–Kier alpha value is -1.53. The molecule has 1 aliphatic heterocycles. The minimum atomic E-state index is -0.816. The van der Waals surface area contributed by atoms with E-state index in [2.05, 4.69) is 4.98 Å². The van der Waals surface area contributed by atoms with E-state index in [1.807, 2.05) is 0 Å². The van der Waals surface area contributed by atoms with E-state index in [-0.39, 0.29) is 19.2 Å². The van der Waals surface area contributed by atoms with Gasteiger partial charge >= 0.3 is 5.69 Å². The molecular formula is C10H14N2NeO5. The molecule has 0 amide bonds. The molecule has 1 fully saturated rings. The van der Waals surface area contributed by atoms with Gasteiger partial charge in [-0.2, -0.15) is 0 Å². The Morgan fingerprint density at radius 2 is 2.22 bits per heavy atom. The van der Waals surface area contributed by atoms with Crippen LogP contribution in [0.1, 0.15) is 18.2 Å². The van der Waals surface area contributed by atoms with E-state index in [9.17, 15) is 14.7 Å². The van der Waals surface area contributed by atoms with Gasteiger partial charge in [-0.1, -0.05) is 0 Å². The fraction of sp³-hybridized carbons (Fsp3) is 0.600. The van der Waals surface area contributed by atoms with Crippen LogP contribution in [-0.2, 0) is 4.74 Å². The second kappa shape index (κ2) is 5.41. The summed E-state index contributed by atoms with van der Waals surface area (Å²) in [6.45, 7) is 1.26. The largest absolute Gasteiger partial charge is 0.394 e. The first-order valence-corrected chi connectivity index (χ1v) is 5.29. The molecule has 0 radical (unpaired) electrons. The van der Waals surface area contributed by atoms with Crippen LogP contribution in [0.5, 0.6) is 0 Å². The van der Waals surface area contributed by atoms with E-state index in [0.717, 1.165) is 0 Å². The number of hydrogen-bond donors (Lipinski definition) is 3. The number of aliphatic hydroxyl groups is 2. The third-order valence-electron chi connectivity index (χ3n) is 2.84. The standard InChI is InChI=1S/C10H14N2O5.Ne/c1-5-3-12(10(16)11-9(5)15)8-2-6(14)7(4-13)17-8;/h3,6-8,13-14H,2,4H2,1H3,(H,11,15,16);/t6-,7+,8+;/m0./s1. The molecule has 2 heterocycles. The number of aliphatic hydroxyl groups excluding tert-OH is 2. The van der Waals surface area contributed by atoms with Crippen molar-refractivity contribution in [3.8, 4) is 0 Å². The summed E-state index contributed by atoms with van der Waals surface area (Å²) in [6, 6.07) is 0. The van der Waals surface area contributed by atoms with E-state index >= 15 is 0 Å². The SMILES string of the molecule is Cc1cn([C@H]2C[C@H](O)[C@@H](CO)O2)c(=O)[nH]c1=O.[Ne]. The Bertz CT molecular complexity index is 526. The van der Waals surface area contributed by atoms with Crippen LogP contribution in [-0.4, -0.2) is 38.6 Å². The van der Waals surface area contributed by atoms with Gasteiger partial charge in [-0.25, -0.2) is 4.79 Å². The summed E-state index contributed by atoms with van der Waals surface area (Å²) >= 11 is 0. The fourth-order valence-electron chi connectivity index (χ4n) is 1.85. The molecule has 0 saturated carbocycles. The molecule has 18 heavy (non-hydrogen) atoms. The minimum Gasteiger partial charge on any atom is -0.394 e. The molecule has 102 valence electrons.